The summed E-state index contributed by atoms with van der Waals surface area (Å²) in [5.74, 6) is -0.151. The molecule has 0 saturated carbocycles. The molecule has 0 aliphatic rings. The molecular weight excluding hydrogens is 308 g/mol. The first kappa shape index (κ1) is 18.2. The molecule has 0 saturated heterocycles. The van der Waals surface area contributed by atoms with Gasteiger partial charge in [0.15, 0.2) is 11.2 Å². The van der Waals surface area contributed by atoms with E-state index in [0.29, 0.717) is 6.42 Å². The number of hydrogen-bond donors (Lipinski definition) is 0. The first-order valence-electron chi connectivity index (χ1n) is 8.65. The molecule has 7 heteroatoms. The van der Waals surface area contributed by atoms with Gasteiger partial charge < -0.3 is 0 Å². The van der Waals surface area contributed by atoms with E-state index in [1.165, 1.54) is 48.2 Å². The third-order valence-electron chi connectivity index (χ3n) is 4.41. The quantitative estimate of drug-likeness (QED) is 0.693. The minimum absolute atomic E-state index is 0.151. The van der Waals surface area contributed by atoms with Gasteiger partial charge in [0.25, 0.3) is 5.56 Å². The second-order valence-electron chi connectivity index (χ2n) is 6.26. The van der Waals surface area contributed by atoms with Crippen LogP contribution in [0.15, 0.2) is 15.9 Å². The monoisotopic (exact) mass is 334 g/mol. The average molecular weight is 334 g/mol. The van der Waals surface area contributed by atoms with Crippen molar-refractivity contribution in [3.63, 3.8) is 0 Å². The Kier molecular flexibility index (Phi) is 6.11. The van der Waals surface area contributed by atoms with Gasteiger partial charge in [-0.1, -0.05) is 45.4 Å². The van der Waals surface area contributed by atoms with Crippen LogP contribution < -0.4 is 11.2 Å². The van der Waals surface area contributed by atoms with Crippen molar-refractivity contribution in [3.8, 4) is 0 Å². The minimum Gasteiger partial charge on any atom is -0.279 e. The van der Waals surface area contributed by atoms with Gasteiger partial charge in [-0.15, -0.1) is 0 Å². The van der Waals surface area contributed by atoms with Crippen molar-refractivity contribution >= 4 is 17.1 Å². The normalized spacial score (nSPS) is 11.3. The van der Waals surface area contributed by atoms with Gasteiger partial charge >= 0.3 is 5.69 Å². The molecule has 0 N–H and O–H groups in total. The average Bonchev–Trinajstić information content (AvgIpc) is 3.02. The Morgan fingerprint density at radius 1 is 1.00 bits per heavy atom. The molecular formula is C17H26N4O3. The van der Waals surface area contributed by atoms with E-state index in [4.69, 9.17) is 0 Å². The maximum atomic E-state index is 12.4. The number of aromatic nitrogens is 4. The highest BCUT2D eigenvalue weighted by Gasteiger charge is 2.17. The molecule has 0 unspecified atom stereocenters. The van der Waals surface area contributed by atoms with Crippen molar-refractivity contribution in [2.75, 3.05) is 0 Å². The Balaban J connectivity index is 2.06. The molecule has 132 valence electrons. The molecule has 0 aliphatic carbocycles. The van der Waals surface area contributed by atoms with Gasteiger partial charge in [0, 0.05) is 20.5 Å². The maximum absolute atomic E-state index is 12.4. The van der Waals surface area contributed by atoms with Gasteiger partial charge in [-0.25, -0.2) is 9.78 Å². The number of fused-ring (bicyclic) bond motifs is 1. The van der Waals surface area contributed by atoms with Crippen LogP contribution in [0.5, 0.6) is 0 Å². The van der Waals surface area contributed by atoms with Crippen LogP contribution in [0.25, 0.3) is 11.2 Å². The smallest absolute Gasteiger partial charge is 0.279 e. The van der Waals surface area contributed by atoms with Gasteiger partial charge in [0.05, 0.1) is 0 Å². The number of carbonyl (C=O) groups excluding carboxylic acids is 1. The molecule has 0 fully saturated rings. The van der Waals surface area contributed by atoms with Crippen LogP contribution in [0, 0.1) is 0 Å². The largest absolute Gasteiger partial charge is 0.332 e. The number of unbranched alkanes of at least 4 members (excludes halogenated alkanes) is 6. The second kappa shape index (κ2) is 8.08. The highest BCUT2D eigenvalue weighted by Crippen LogP contribution is 2.11. The molecule has 2 rings (SSSR count). The predicted octanol–water partition coefficient (Wildman–Crippen LogP) is 2.21. The number of imidazole rings is 1. The van der Waals surface area contributed by atoms with Crippen LogP contribution in [-0.2, 0) is 14.1 Å². The predicted molar refractivity (Wildman–Crippen MR) is 93.5 cm³/mol. The third kappa shape index (κ3) is 3.66. The highest BCUT2D eigenvalue weighted by atomic mass is 16.2. The zero-order valence-electron chi connectivity index (χ0n) is 14.7. The Morgan fingerprint density at radius 2 is 1.62 bits per heavy atom. The van der Waals surface area contributed by atoms with Crippen molar-refractivity contribution in [3.05, 3.63) is 27.2 Å². The van der Waals surface area contributed by atoms with Crippen LogP contribution in [-0.4, -0.2) is 24.6 Å². The molecule has 0 spiro atoms. The van der Waals surface area contributed by atoms with Crippen LogP contribution in [0.1, 0.15) is 63.1 Å². The first-order chi connectivity index (χ1) is 11.5. The lowest BCUT2D eigenvalue weighted by molar-refractivity contribution is 0.0903. The summed E-state index contributed by atoms with van der Waals surface area (Å²) < 4.78 is 3.57. The van der Waals surface area contributed by atoms with E-state index < -0.39 is 11.2 Å². The van der Waals surface area contributed by atoms with Crippen molar-refractivity contribution in [2.24, 2.45) is 14.1 Å². The Labute approximate surface area is 140 Å². The lowest BCUT2D eigenvalue weighted by atomic mass is 10.1. The second-order valence-corrected chi connectivity index (χ2v) is 6.26. The van der Waals surface area contributed by atoms with Gasteiger partial charge in [-0.05, 0) is 6.42 Å². The lowest BCUT2D eigenvalue weighted by Crippen LogP contribution is -2.38. The van der Waals surface area contributed by atoms with E-state index in [1.54, 1.807) is 7.05 Å². The Morgan fingerprint density at radius 3 is 2.29 bits per heavy atom. The molecule has 7 nitrogen and oxygen atoms in total. The molecule has 0 radical (unpaired) electrons. The number of carbonyl (C=O) groups is 1. The fourth-order valence-corrected chi connectivity index (χ4v) is 2.89. The van der Waals surface area contributed by atoms with E-state index in [0.717, 1.165) is 23.8 Å². The number of aryl methyl sites for hydroxylation is 1. The SMILES string of the molecule is CCCCCCCCCC(=O)n1cnc2c1c(=O)n(C)c(=O)n2C. The van der Waals surface area contributed by atoms with E-state index in [9.17, 15) is 14.4 Å². The van der Waals surface area contributed by atoms with Crippen LogP contribution in [0.3, 0.4) is 0 Å². The van der Waals surface area contributed by atoms with Crippen molar-refractivity contribution in [2.45, 2.75) is 58.3 Å². The summed E-state index contributed by atoms with van der Waals surface area (Å²) in [5, 5.41) is 0. The van der Waals surface area contributed by atoms with Crippen molar-refractivity contribution < 1.29 is 4.79 Å². The molecule has 0 amide bonds. The van der Waals surface area contributed by atoms with E-state index in [1.807, 2.05) is 0 Å². The lowest BCUT2D eigenvalue weighted by Gasteiger charge is -2.06. The summed E-state index contributed by atoms with van der Waals surface area (Å²) in [6, 6.07) is 0. The topological polar surface area (TPSA) is 78.9 Å². The maximum Gasteiger partial charge on any atom is 0.332 e. The Hall–Kier alpha value is -2.18. The fraction of sp³-hybridized carbons (Fsp3) is 0.647. The third-order valence-corrected chi connectivity index (χ3v) is 4.41. The fourth-order valence-electron chi connectivity index (χ4n) is 2.89. The molecule has 0 aromatic carbocycles. The van der Waals surface area contributed by atoms with E-state index in [2.05, 4.69) is 11.9 Å². The number of nitrogens with zero attached hydrogens (tertiary/aromatic N) is 4. The molecule has 0 aliphatic heterocycles. The molecule has 2 aromatic rings. The minimum atomic E-state index is -0.487. The van der Waals surface area contributed by atoms with Gasteiger partial charge in [0.1, 0.15) is 6.33 Å². The summed E-state index contributed by atoms with van der Waals surface area (Å²) in [6.45, 7) is 2.19. The zero-order valence-corrected chi connectivity index (χ0v) is 14.7. The van der Waals surface area contributed by atoms with Crippen molar-refractivity contribution in [1.29, 1.82) is 0 Å². The van der Waals surface area contributed by atoms with Gasteiger partial charge in [0.2, 0.25) is 5.91 Å². The molecule has 2 aromatic heterocycles. The van der Waals surface area contributed by atoms with Crippen LogP contribution in [0.2, 0.25) is 0 Å². The van der Waals surface area contributed by atoms with Crippen molar-refractivity contribution in [1.82, 2.24) is 18.7 Å². The van der Waals surface area contributed by atoms with E-state index in [-0.39, 0.29) is 17.1 Å². The summed E-state index contributed by atoms with van der Waals surface area (Å²) in [5.41, 5.74) is -0.514. The summed E-state index contributed by atoms with van der Waals surface area (Å²) in [6.07, 6.45) is 9.62. The summed E-state index contributed by atoms with van der Waals surface area (Å²) >= 11 is 0. The first-order valence-corrected chi connectivity index (χ1v) is 8.65. The summed E-state index contributed by atoms with van der Waals surface area (Å²) in [4.78, 5) is 40.7. The van der Waals surface area contributed by atoms with Gasteiger partial charge in [-0.3, -0.25) is 23.3 Å². The molecule has 24 heavy (non-hydrogen) atoms. The Bertz CT molecular complexity index is 829. The molecule has 0 bridgehead atoms. The molecule has 2 heterocycles. The highest BCUT2D eigenvalue weighted by molar-refractivity contribution is 5.88. The standard InChI is InChI=1S/C17H26N4O3/c1-4-5-6-7-8-9-10-11-13(22)21-12-18-15-14(21)16(23)20(3)17(24)19(15)2/h12H,4-11H2,1-3H3. The number of hydrogen-bond acceptors (Lipinski definition) is 4. The van der Waals surface area contributed by atoms with Gasteiger partial charge in [-0.2, -0.15) is 0 Å². The summed E-state index contributed by atoms with van der Waals surface area (Å²) in [7, 11) is 2.95. The number of rotatable bonds is 8. The van der Waals surface area contributed by atoms with Crippen LogP contribution in [0.4, 0.5) is 0 Å². The molecule has 0 atom stereocenters. The van der Waals surface area contributed by atoms with E-state index >= 15 is 0 Å². The zero-order chi connectivity index (χ0) is 17.7. The van der Waals surface area contributed by atoms with Crippen LogP contribution >= 0.6 is 0 Å².